The number of pyridine rings is 1. The van der Waals surface area contributed by atoms with Gasteiger partial charge in [0.1, 0.15) is 16.3 Å². The molecule has 2 unspecified atom stereocenters. The van der Waals surface area contributed by atoms with Gasteiger partial charge in [0, 0.05) is 41.5 Å². The van der Waals surface area contributed by atoms with Crippen LogP contribution < -0.4 is 10.1 Å². The summed E-state index contributed by atoms with van der Waals surface area (Å²) in [6.07, 6.45) is -8.22. The zero-order valence-corrected chi connectivity index (χ0v) is 27.7. The molecule has 1 fully saturated rings. The Kier molecular flexibility index (Phi) is 10.5. The van der Waals surface area contributed by atoms with Crippen molar-refractivity contribution < 1.29 is 50.6 Å². The number of piperidine rings is 1. The first-order valence-corrected chi connectivity index (χ1v) is 17.1. The Morgan fingerprint density at radius 2 is 1.92 bits per heavy atom. The third kappa shape index (κ3) is 7.36. The van der Waals surface area contributed by atoms with Crippen LogP contribution in [0.5, 0.6) is 5.75 Å². The fourth-order valence-electron chi connectivity index (χ4n) is 6.53. The Hall–Kier alpha value is -3.21. The number of amides is 1. The number of likely N-dealkylation sites (tertiary alicyclic amines) is 1. The van der Waals surface area contributed by atoms with Crippen LogP contribution in [0.4, 0.5) is 26.3 Å². The maximum atomic E-state index is 14.9. The van der Waals surface area contributed by atoms with Crippen LogP contribution in [-0.2, 0) is 28.4 Å². The van der Waals surface area contributed by atoms with Crippen LogP contribution in [0.3, 0.4) is 0 Å². The number of carbonyl (C=O) groups is 3. The first-order valence-electron chi connectivity index (χ1n) is 15.0. The number of carboxylic acids is 1. The van der Waals surface area contributed by atoms with Crippen molar-refractivity contribution in [1.29, 1.82) is 0 Å². The molecule has 0 aliphatic carbocycles. The molecule has 5 rings (SSSR count). The number of nitrogens with zero attached hydrogens (tertiary/aromatic N) is 2. The number of fused-ring (bicyclic) bond motifs is 1. The van der Waals surface area contributed by atoms with Crippen LogP contribution in [0.2, 0.25) is 4.34 Å². The molecule has 2 aliphatic rings. The predicted octanol–water partition coefficient (Wildman–Crippen LogP) is 7.81. The van der Waals surface area contributed by atoms with E-state index in [1.165, 1.54) is 11.3 Å². The van der Waals surface area contributed by atoms with E-state index in [1.54, 1.807) is 13.0 Å². The van der Waals surface area contributed by atoms with E-state index in [1.807, 2.05) is 0 Å². The highest BCUT2D eigenvalue weighted by molar-refractivity contribution is 7.16. The van der Waals surface area contributed by atoms with Gasteiger partial charge in [-0.2, -0.15) is 26.3 Å². The highest BCUT2D eigenvalue weighted by Gasteiger charge is 2.56. The molecular formula is C31H30ClF6N3O5S2. The molecular weight excluding hydrogens is 708 g/mol. The Balaban J connectivity index is 1.60. The van der Waals surface area contributed by atoms with Gasteiger partial charge in [-0.15, -0.1) is 22.7 Å². The molecule has 3 aromatic heterocycles. The second kappa shape index (κ2) is 14.0. The summed E-state index contributed by atoms with van der Waals surface area (Å²) < 4.78 is 89.4. The van der Waals surface area contributed by atoms with Gasteiger partial charge < -0.3 is 14.7 Å². The lowest BCUT2D eigenvalue weighted by Gasteiger charge is -2.50. The van der Waals surface area contributed by atoms with Gasteiger partial charge in [0.05, 0.1) is 22.0 Å². The molecule has 8 nitrogen and oxygen atoms in total. The molecule has 17 heteroatoms. The van der Waals surface area contributed by atoms with E-state index in [0.717, 1.165) is 39.6 Å². The molecule has 0 saturated carbocycles. The van der Waals surface area contributed by atoms with E-state index in [9.17, 15) is 45.8 Å². The van der Waals surface area contributed by atoms with Crippen LogP contribution in [0, 0.1) is 0 Å². The summed E-state index contributed by atoms with van der Waals surface area (Å²) in [4.78, 5) is 44.9. The monoisotopic (exact) mass is 737 g/mol. The van der Waals surface area contributed by atoms with Gasteiger partial charge in [-0.3, -0.25) is 24.7 Å². The minimum atomic E-state index is -4.92. The number of aliphatic carboxylic acids is 1. The average Bonchev–Trinajstić information content (AvgIpc) is 3.65. The number of rotatable bonds is 10. The lowest BCUT2D eigenvalue weighted by Crippen LogP contribution is -2.68. The smallest absolute Gasteiger partial charge is 0.425 e. The number of nitrogens with one attached hydrogen (secondary N) is 1. The van der Waals surface area contributed by atoms with Gasteiger partial charge in [-0.1, -0.05) is 24.9 Å². The molecule has 0 bridgehead atoms. The number of hydrogen-bond acceptors (Lipinski definition) is 8. The number of ketones is 1. The largest absolute Gasteiger partial charge is 0.481 e. The van der Waals surface area contributed by atoms with Gasteiger partial charge in [-0.05, 0) is 55.9 Å². The number of Topliss-reactive ketones (excluding diaryl/α,β-unsaturated/α-hetero) is 1. The maximum absolute atomic E-state index is 14.9. The van der Waals surface area contributed by atoms with Crippen molar-refractivity contribution in [2.45, 2.75) is 87.9 Å². The molecule has 0 radical (unpaired) electrons. The zero-order valence-electron chi connectivity index (χ0n) is 25.3. The number of halogens is 7. The van der Waals surface area contributed by atoms with E-state index in [2.05, 4.69) is 10.3 Å². The fraction of sp³-hybridized carbons (Fsp3) is 0.484. The van der Waals surface area contributed by atoms with Gasteiger partial charge >= 0.3 is 18.3 Å². The van der Waals surface area contributed by atoms with E-state index in [0.29, 0.717) is 27.7 Å². The SMILES string of the molecule is CCC[C@H]1N(C(=O)c2ncccc2C(F)(F)F)CCC[C@@]1(Oc1csc(C(F)(F)F)c1)C(=O)C1Cc2cc(Cl)sc2C(CCC(=O)O)N1. The topological polar surface area (TPSA) is 109 Å². The number of thiophene rings is 2. The Morgan fingerprint density at radius 3 is 2.56 bits per heavy atom. The van der Waals surface area contributed by atoms with Crippen molar-refractivity contribution in [3.63, 3.8) is 0 Å². The normalized spacial score (nSPS) is 23.1. The van der Waals surface area contributed by atoms with Crippen molar-refractivity contribution in [3.8, 4) is 5.75 Å². The standard InChI is InChI=1S/C31H30ClF6N3O5S2/c1-2-5-21-29(46-17-14-22(47-15-17)31(36,37)38,9-4-11-41(21)28(45)25-18(30(33,34)35)6-3-10-39-25)27(44)20-12-16-13-23(32)48-26(16)19(40-20)7-8-24(42)43/h3,6,10,13-15,19-21,40H,2,4-5,7-9,11-12H2,1H3,(H,42,43)/t19?,20?,21-,29+/m1/s1. The molecule has 1 saturated heterocycles. The number of aromatic nitrogens is 1. The molecule has 1 amide bonds. The van der Waals surface area contributed by atoms with Crippen LogP contribution in [0.1, 0.15) is 82.9 Å². The molecule has 3 aromatic rings. The van der Waals surface area contributed by atoms with Gasteiger partial charge in [-0.25, -0.2) is 0 Å². The second-order valence-corrected chi connectivity index (χ2v) is 14.3. The Morgan fingerprint density at radius 1 is 1.17 bits per heavy atom. The summed E-state index contributed by atoms with van der Waals surface area (Å²) in [5.74, 6) is -3.05. The molecule has 2 aliphatic heterocycles. The van der Waals surface area contributed by atoms with Crippen LogP contribution in [-0.4, -0.2) is 56.9 Å². The highest BCUT2D eigenvalue weighted by Crippen LogP contribution is 2.44. The van der Waals surface area contributed by atoms with E-state index in [-0.39, 0.29) is 50.8 Å². The number of carboxylic acid groups (broad SMARTS) is 1. The molecule has 0 spiro atoms. The van der Waals surface area contributed by atoms with Crippen molar-refractivity contribution in [1.82, 2.24) is 15.2 Å². The number of hydrogen-bond donors (Lipinski definition) is 2. The van der Waals surface area contributed by atoms with Gasteiger partial charge in [0.25, 0.3) is 5.91 Å². The van der Waals surface area contributed by atoms with Crippen molar-refractivity contribution in [3.05, 3.63) is 66.8 Å². The molecule has 0 aromatic carbocycles. The number of carbonyl (C=O) groups excluding carboxylic acids is 2. The van der Waals surface area contributed by atoms with E-state index >= 15 is 0 Å². The number of ether oxygens (including phenoxy) is 1. The first kappa shape index (κ1) is 36.1. The third-order valence-electron chi connectivity index (χ3n) is 8.49. The third-order valence-corrected chi connectivity index (χ3v) is 10.9. The molecule has 5 heterocycles. The van der Waals surface area contributed by atoms with E-state index in [4.69, 9.17) is 16.3 Å². The minimum Gasteiger partial charge on any atom is -0.481 e. The summed E-state index contributed by atoms with van der Waals surface area (Å²) >= 11 is 7.88. The quantitative estimate of drug-likeness (QED) is 0.205. The summed E-state index contributed by atoms with van der Waals surface area (Å²) in [6.45, 7) is 1.68. The van der Waals surface area contributed by atoms with Crippen LogP contribution >= 0.6 is 34.3 Å². The Bertz CT molecular complexity index is 1680. The highest BCUT2D eigenvalue weighted by atomic mass is 35.5. The van der Waals surface area contributed by atoms with Crippen LogP contribution in [0.15, 0.2) is 35.8 Å². The molecule has 260 valence electrons. The maximum Gasteiger partial charge on any atom is 0.425 e. The minimum absolute atomic E-state index is 0.0545. The van der Waals surface area contributed by atoms with Gasteiger partial charge in [0.15, 0.2) is 11.4 Å². The zero-order chi connectivity index (χ0) is 35.0. The average molecular weight is 738 g/mol. The number of alkyl halides is 6. The molecule has 48 heavy (non-hydrogen) atoms. The first-order chi connectivity index (χ1) is 22.5. The molecule has 2 N–H and O–H groups in total. The lowest BCUT2D eigenvalue weighted by atomic mass is 9.74. The summed E-state index contributed by atoms with van der Waals surface area (Å²) in [5, 5.41) is 13.6. The summed E-state index contributed by atoms with van der Waals surface area (Å²) in [5.41, 5.74) is -3.45. The fourth-order valence-corrected chi connectivity index (χ4v) is 8.60. The lowest BCUT2D eigenvalue weighted by molar-refractivity contribution is -0.148. The van der Waals surface area contributed by atoms with Crippen molar-refractivity contribution in [2.75, 3.05) is 6.54 Å². The van der Waals surface area contributed by atoms with Crippen molar-refractivity contribution in [2.24, 2.45) is 0 Å². The van der Waals surface area contributed by atoms with Gasteiger partial charge in [0.2, 0.25) is 0 Å². The van der Waals surface area contributed by atoms with E-state index < -0.39 is 69.9 Å². The predicted molar refractivity (Wildman–Crippen MR) is 165 cm³/mol. The second-order valence-electron chi connectivity index (χ2n) is 11.7. The molecule has 4 atom stereocenters. The van der Waals surface area contributed by atoms with Crippen LogP contribution in [0.25, 0.3) is 0 Å². The summed E-state index contributed by atoms with van der Waals surface area (Å²) in [6, 6.07) is 1.33. The summed E-state index contributed by atoms with van der Waals surface area (Å²) in [7, 11) is 0. The van der Waals surface area contributed by atoms with Crippen molar-refractivity contribution >= 4 is 51.9 Å². The Labute approximate surface area is 284 Å².